The molecule has 0 fully saturated rings. The summed E-state index contributed by atoms with van der Waals surface area (Å²) >= 11 is 1.74. The number of aromatic amines is 1. The molecule has 3 heteroatoms. The lowest BCUT2D eigenvalue weighted by atomic mass is 10.1. The molecule has 3 N–H and O–H groups in total. The summed E-state index contributed by atoms with van der Waals surface area (Å²) in [5.74, 6) is 0. The van der Waals surface area contributed by atoms with Gasteiger partial charge in [-0.25, -0.2) is 0 Å². The predicted molar refractivity (Wildman–Crippen MR) is 60.5 cm³/mol. The van der Waals surface area contributed by atoms with E-state index in [4.69, 9.17) is 5.73 Å². The fourth-order valence-electron chi connectivity index (χ4n) is 1.59. The molecule has 1 atom stereocenters. The zero-order valence-electron chi connectivity index (χ0n) is 8.16. The Kier molecular flexibility index (Phi) is 2.70. The number of hydrogen-bond acceptors (Lipinski definition) is 2. The second kappa shape index (κ2) is 3.98. The lowest BCUT2D eigenvalue weighted by Crippen LogP contribution is -2.12. The number of H-pyrrole nitrogens is 1. The van der Waals surface area contributed by atoms with Crippen LogP contribution in [0.15, 0.2) is 29.8 Å². The van der Waals surface area contributed by atoms with Crippen LogP contribution in [0.3, 0.4) is 0 Å². The molecule has 2 heterocycles. The number of rotatable bonds is 3. The molecule has 14 heavy (non-hydrogen) atoms. The Balaban J connectivity index is 2.31. The van der Waals surface area contributed by atoms with E-state index in [0.717, 1.165) is 12.1 Å². The summed E-state index contributed by atoms with van der Waals surface area (Å²) < 4.78 is 0. The van der Waals surface area contributed by atoms with Gasteiger partial charge in [0, 0.05) is 16.8 Å². The molecule has 2 nitrogen and oxygen atoms in total. The largest absolute Gasteiger partial charge is 0.363 e. The maximum Gasteiger partial charge on any atom is 0.0800 e. The summed E-state index contributed by atoms with van der Waals surface area (Å²) in [5, 5.41) is 2.11. The maximum absolute atomic E-state index is 6.16. The van der Waals surface area contributed by atoms with Crippen LogP contribution in [0.1, 0.15) is 29.1 Å². The Morgan fingerprint density at radius 3 is 3.00 bits per heavy atom. The summed E-state index contributed by atoms with van der Waals surface area (Å²) in [6.45, 7) is 2.16. The van der Waals surface area contributed by atoms with Crippen LogP contribution in [0.4, 0.5) is 0 Å². The lowest BCUT2D eigenvalue weighted by Gasteiger charge is -2.09. The highest BCUT2D eigenvalue weighted by Gasteiger charge is 2.13. The number of nitrogens with one attached hydrogen (secondary N) is 1. The first-order chi connectivity index (χ1) is 6.83. The van der Waals surface area contributed by atoms with Gasteiger partial charge in [0.1, 0.15) is 0 Å². The predicted octanol–water partition coefficient (Wildman–Crippen LogP) is 2.69. The fraction of sp³-hybridized carbons (Fsp3) is 0.273. The Morgan fingerprint density at radius 2 is 2.36 bits per heavy atom. The van der Waals surface area contributed by atoms with Crippen molar-refractivity contribution in [3.63, 3.8) is 0 Å². The minimum atomic E-state index is -0.0000463. The molecule has 74 valence electrons. The topological polar surface area (TPSA) is 41.8 Å². The van der Waals surface area contributed by atoms with Crippen molar-refractivity contribution in [1.29, 1.82) is 0 Å². The van der Waals surface area contributed by atoms with Gasteiger partial charge in [0.25, 0.3) is 0 Å². The molecule has 1 unspecified atom stereocenters. The third-order valence-corrected chi connectivity index (χ3v) is 3.44. The summed E-state index contributed by atoms with van der Waals surface area (Å²) in [7, 11) is 0. The van der Waals surface area contributed by atoms with E-state index in [1.165, 1.54) is 10.4 Å². The molecular weight excluding hydrogens is 192 g/mol. The molecule has 0 bridgehead atoms. The number of thiophene rings is 1. The second-order valence-corrected chi connectivity index (χ2v) is 4.21. The molecule has 0 saturated heterocycles. The first-order valence-corrected chi connectivity index (χ1v) is 5.66. The van der Waals surface area contributed by atoms with Crippen LogP contribution >= 0.6 is 11.3 Å². The molecule has 2 aromatic heterocycles. The Morgan fingerprint density at radius 1 is 1.50 bits per heavy atom. The van der Waals surface area contributed by atoms with Crippen molar-refractivity contribution < 1.29 is 0 Å². The van der Waals surface area contributed by atoms with Gasteiger partial charge in [-0.1, -0.05) is 6.92 Å². The van der Waals surface area contributed by atoms with Crippen molar-refractivity contribution in [2.75, 3.05) is 0 Å². The molecule has 0 aliphatic heterocycles. The number of aryl methyl sites for hydroxylation is 1. The lowest BCUT2D eigenvalue weighted by molar-refractivity contribution is 0.842. The fourth-order valence-corrected chi connectivity index (χ4v) is 2.61. The van der Waals surface area contributed by atoms with Gasteiger partial charge in [-0.15, -0.1) is 11.3 Å². The van der Waals surface area contributed by atoms with E-state index in [9.17, 15) is 0 Å². The van der Waals surface area contributed by atoms with E-state index in [1.807, 2.05) is 18.3 Å². The molecule has 0 aliphatic carbocycles. The Hall–Kier alpha value is -1.06. The van der Waals surface area contributed by atoms with Crippen LogP contribution in [0.5, 0.6) is 0 Å². The van der Waals surface area contributed by atoms with Crippen molar-refractivity contribution >= 4 is 11.3 Å². The molecule has 0 saturated carbocycles. The Bertz CT molecular complexity index is 389. The van der Waals surface area contributed by atoms with Gasteiger partial charge in [0.2, 0.25) is 0 Å². The number of nitrogens with two attached hydrogens (primary N) is 1. The van der Waals surface area contributed by atoms with Gasteiger partial charge in [0.15, 0.2) is 0 Å². The smallest absolute Gasteiger partial charge is 0.0800 e. The minimum Gasteiger partial charge on any atom is -0.363 e. The monoisotopic (exact) mass is 206 g/mol. The summed E-state index contributed by atoms with van der Waals surface area (Å²) in [6.07, 6.45) is 2.96. The number of hydrogen-bond donors (Lipinski definition) is 2. The molecular formula is C11H14N2S. The third-order valence-electron chi connectivity index (χ3n) is 2.40. The van der Waals surface area contributed by atoms with E-state index < -0.39 is 0 Å². The third kappa shape index (κ3) is 1.61. The molecule has 2 aromatic rings. The van der Waals surface area contributed by atoms with E-state index in [0.29, 0.717) is 0 Å². The van der Waals surface area contributed by atoms with Crippen LogP contribution in [-0.4, -0.2) is 4.98 Å². The van der Waals surface area contributed by atoms with Crippen molar-refractivity contribution in [1.82, 2.24) is 4.98 Å². The van der Waals surface area contributed by atoms with Gasteiger partial charge in [-0.2, -0.15) is 0 Å². The van der Waals surface area contributed by atoms with E-state index in [1.54, 1.807) is 11.3 Å². The van der Waals surface area contributed by atoms with Gasteiger partial charge in [-0.05, 0) is 35.6 Å². The zero-order chi connectivity index (χ0) is 9.97. The van der Waals surface area contributed by atoms with Gasteiger partial charge in [-0.3, -0.25) is 0 Å². The zero-order valence-corrected chi connectivity index (χ0v) is 8.97. The van der Waals surface area contributed by atoms with Gasteiger partial charge >= 0.3 is 0 Å². The molecule has 0 radical (unpaired) electrons. The van der Waals surface area contributed by atoms with Crippen LogP contribution < -0.4 is 5.73 Å². The summed E-state index contributed by atoms with van der Waals surface area (Å²) in [5.41, 5.74) is 8.60. The van der Waals surface area contributed by atoms with Gasteiger partial charge < -0.3 is 10.7 Å². The molecule has 0 amide bonds. The van der Waals surface area contributed by atoms with Crippen molar-refractivity contribution in [2.24, 2.45) is 5.73 Å². The van der Waals surface area contributed by atoms with E-state index >= 15 is 0 Å². The first kappa shape index (κ1) is 9.49. The van der Waals surface area contributed by atoms with E-state index in [2.05, 4.69) is 23.4 Å². The van der Waals surface area contributed by atoms with Crippen molar-refractivity contribution in [2.45, 2.75) is 19.4 Å². The SMILES string of the molecule is CCc1ccsc1C(N)c1ccc[nH]1. The Labute approximate surface area is 87.8 Å². The summed E-state index contributed by atoms with van der Waals surface area (Å²) in [6, 6.07) is 6.17. The highest BCUT2D eigenvalue weighted by atomic mass is 32.1. The van der Waals surface area contributed by atoms with Crippen molar-refractivity contribution in [3.05, 3.63) is 45.9 Å². The highest BCUT2D eigenvalue weighted by Crippen LogP contribution is 2.27. The number of aromatic nitrogens is 1. The van der Waals surface area contributed by atoms with E-state index in [-0.39, 0.29) is 6.04 Å². The van der Waals surface area contributed by atoms with Crippen LogP contribution in [0.2, 0.25) is 0 Å². The van der Waals surface area contributed by atoms with Crippen LogP contribution in [-0.2, 0) is 6.42 Å². The highest BCUT2D eigenvalue weighted by molar-refractivity contribution is 7.10. The normalized spacial score (nSPS) is 13.0. The molecule has 2 rings (SSSR count). The van der Waals surface area contributed by atoms with Crippen LogP contribution in [0, 0.1) is 0 Å². The first-order valence-electron chi connectivity index (χ1n) is 4.78. The quantitative estimate of drug-likeness (QED) is 0.796. The molecule has 0 aromatic carbocycles. The van der Waals surface area contributed by atoms with Crippen LogP contribution in [0.25, 0.3) is 0 Å². The maximum atomic E-state index is 6.16. The molecule has 0 aliphatic rings. The standard InChI is InChI=1S/C11H14N2S/c1-2-8-5-7-14-11(8)10(12)9-4-3-6-13-9/h3-7,10,13H,2,12H2,1H3. The molecule has 0 spiro atoms. The van der Waals surface area contributed by atoms with Gasteiger partial charge in [0.05, 0.1) is 6.04 Å². The average Bonchev–Trinajstić information content (AvgIpc) is 2.87. The minimum absolute atomic E-state index is 0.0000463. The van der Waals surface area contributed by atoms with Crippen molar-refractivity contribution in [3.8, 4) is 0 Å². The second-order valence-electron chi connectivity index (χ2n) is 3.27. The average molecular weight is 206 g/mol. The summed E-state index contributed by atoms with van der Waals surface area (Å²) in [4.78, 5) is 4.43.